The van der Waals surface area contributed by atoms with E-state index in [2.05, 4.69) is 0 Å². The molecule has 0 heterocycles. The molecular weight excluding hydrogens is 240 g/mol. The van der Waals surface area contributed by atoms with Crippen LogP contribution in [0.25, 0.3) is 0 Å². The Morgan fingerprint density at radius 2 is 1.84 bits per heavy atom. The average Bonchev–Trinajstić information content (AvgIpc) is 2.46. The van der Waals surface area contributed by atoms with Gasteiger partial charge in [-0.05, 0) is 36.2 Å². The molecule has 2 aromatic carbocycles. The van der Waals surface area contributed by atoms with Crippen LogP contribution >= 0.6 is 0 Å². The van der Waals surface area contributed by atoms with E-state index in [0.717, 1.165) is 11.3 Å². The van der Waals surface area contributed by atoms with Crippen LogP contribution in [0.5, 0.6) is 5.75 Å². The predicted octanol–water partition coefficient (Wildman–Crippen LogP) is 2.92. The highest BCUT2D eigenvalue weighted by Crippen LogP contribution is 2.23. The highest BCUT2D eigenvalue weighted by molar-refractivity contribution is 6.00. The number of hydrogen-bond acceptors (Lipinski definition) is 3. The summed E-state index contributed by atoms with van der Waals surface area (Å²) < 4.78 is 5.15. The van der Waals surface area contributed by atoms with Crippen molar-refractivity contribution in [1.82, 2.24) is 0 Å². The lowest BCUT2D eigenvalue weighted by atomic mass is 9.98. The number of rotatable bonds is 4. The maximum absolute atomic E-state index is 12.2. The molecule has 0 aliphatic carbocycles. The summed E-state index contributed by atoms with van der Waals surface area (Å²) in [5.74, 6) is 0.419. The maximum Gasteiger partial charge on any atom is 0.195 e. The Labute approximate surface area is 112 Å². The largest absolute Gasteiger partial charge is 0.496 e. The highest BCUT2D eigenvalue weighted by atomic mass is 16.5. The molecule has 98 valence electrons. The van der Waals surface area contributed by atoms with E-state index in [4.69, 9.17) is 4.74 Å². The average molecular weight is 256 g/mol. The van der Waals surface area contributed by atoms with Crippen molar-refractivity contribution in [2.75, 3.05) is 7.11 Å². The Balaban J connectivity index is 2.27. The summed E-state index contributed by atoms with van der Waals surface area (Å²) in [5.41, 5.74) is 1.95. The molecule has 1 atom stereocenters. The number of carbonyl (C=O) groups is 1. The van der Waals surface area contributed by atoms with Crippen molar-refractivity contribution in [1.29, 1.82) is 0 Å². The number of carbonyl (C=O) groups excluding carboxylic acids is 1. The van der Waals surface area contributed by atoms with Crippen molar-refractivity contribution in [3.05, 3.63) is 65.2 Å². The summed E-state index contributed by atoms with van der Waals surface area (Å²) in [6.07, 6.45) is -1.13. The smallest absolute Gasteiger partial charge is 0.195 e. The molecule has 1 N–H and O–H groups in total. The highest BCUT2D eigenvalue weighted by Gasteiger charge is 2.19. The molecule has 0 aliphatic heterocycles. The van der Waals surface area contributed by atoms with E-state index in [1.807, 2.05) is 13.0 Å². The van der Waals surface area contributed by atoms with Gasteiger partial charge in [-0.15, -0.1) is 0 Å². The quantitative estimate of drug-likeness (QED) is 0.855. The third kappa shape index (κ3) is 2.83. The minimum atomic E-state index is -1.13. The Kier molecular flexibility index (Phi) is 3.97. The van der Waals surface area contributed by atoms with Gasteiger partial charge >= 0.3 is 0 Å². The first kappa shape index (κ1) is 13.3. The minimum Gasteiger partial charge on any atom is -0.496 e. The van der Waals surface area contributed by atoms with Gasteiger partial charge in [-0.25, -0.2) is 0 Å². The molecule has 2 rings (SSSR count). The lowest BCUT2D eigenvalue weighted by Crippen LogP contribution is -2.12. The second-order valence-corrected chi connectivity index (χ2v) is 4.36. The molecular formula is C16H16O3. The van der Waals surface area contributed by atoms with Gasteiger partial charge in [-0.1, -0.05) is 30.3 Å². The first-order chi connectivity index (χ1) is 9.13. The van der Waals surface area contributed by atoms with Crippen molar-refractivity contribution in [3.8, 4) is 5.75 Å². The van der Waals surface area contributed by atoms with E-state index in [1.165, 1.54) is 0 Å². The summed E-state index contributed by atoms with van der Waals surface area (Å²) >= 11 is 0. The first-order valence-electron chi connectivity index (χ1n) is 6.05. The number of aryl methyl sites for hydroxylation is 1. The summed E-state index contributed by atoms with van der Waals surface area (Å²) in [6.45, 7) is 1.87. The topological polar surface area (TPSA) is 46.5 Å². The zero-order valence-electron chi connectivity index (χ0n) is 11.0. The molecule has 0 spiro atoms. The van der Waals surface area contributed by atoms with Crippen molar-refractivity contribution in [2.24, 2.45) is 0 Å². The number of aliphatic hydroxyl groups is 1. The SMILES string of the molecule is COc1ccc(C(=O)C(O)c2ccccc2)cc1C. The minimum absolute atomic E-state index is 0.308. The van der Waals surface area contributed by atoms with Crippen molar-refractivity contribution in [2.45, 2.75) is 13.0 Å². The van der Waals surface area contributed by atoms with Crippen LogP contribution in [-0.4, -0.2) is 18.0 Å². The number of methoxy groups -OCH3 is 1. The number of hydrogen-bond donors (Lipinski definition) is 1. The Morgan fingerprint density at radius 3 is 2.42 bits per heavy atom. The van der Waals surface area contributed by atoms with Gasteiger partial charge < -0.3 is 9.84 Å². The molecule has 0 amide bonds. The van der Waals surface area contributed by atoms with E-state index in [1.54, 1.807) is 49.6 Å². The van der Waals surface area contributed by atoms with Gasteiger partial charge in [0.1, 0.15) is 11.9 Å². The molecule has 0 aliphatic rings. The molecule has 19 heavy (non-hydrogen) atoms. The predicted molar refractivity (Wildman–Crippen MR) is 73.5 cm³/mol. The van der Waals surface area contributed by atoms with Crippen LogP contribution in [0.1, 0.15) is 27.6 Å². The van der Waals surface area contributed by atoms with E-state index >= 15 is 0 Å². The van der Waals surface area contributed by atoms with Crippen molar-refractivity contribution >= 4 is 5.78 Å². The lowest BCUT2D eigenvalue weighted by Gasteiger charge is -2.11. The normalized spacial score (nSPS) is 11.9. The Bertz CT molecular complexity index is 576. The molecule has 0 saturated carbocycles. The van der Waals surface area contributed by atoms with Crippen LogP contribution in [0.2, 0.25) is 0 Å². The van der Waals surface area contributed by atoms with Gasteiger partial charge in [0.2, 0.25) is 0 Å². The van der Waals surface area contributed by atoms with E-state index < -0.39 is 6.10 Å². The Morgan fingerprint density at radius 1 is 1.16 bits per heavy atom. The molecule has 3 nitrogen and oxygen atoms in total. The third-order valence-electron chi connectivity index (χ3n) is 3.04. The van der Waals surface area contributed by atoms with Gasteiger partial charge in [0.25, 0.3) is 0 Å². The molecule has 0 bridgehead atoms. The van der Waals surface area contributed by atoms with Gasteiger partial charge in [0, 0.05) is 5.56 Å². The van der Waals surface area contributed by atoms with Gasteiger partial charge in [-0.2, -0.15) is 0 Å². The molecule has 0 fully saturated rings. The lowest BCUT2D eigenvalue weighted by molar-refractivity contribution is 0.0747. The molecule has 3 heteroatoms. The maximum atomic E-state index is 12.2. The second kappa shape index (κ2) is 5.67. The zero-order chi connectivity index (χ0) is 13.8. The standard InChI is InChI=1S/C16H16O3/c1-11-10-13(8-9-14(11)19-2)16(18)15(17)12-6-4-3-5-7-12/h3-10,15,17H,1-2H3. The monoisotopic (exact) mass is 256 g/mol. The van der Waals surface area contributed by atoms with Crippen LogP contribution in [0.3, 0.4) is 0 Å². The first-order valence-corrected chi connectivity index (χ1v) is 6.05. The van der Waals surface area contributed by atoms with Gasteiger partial charge in [0.05, 0.1) is 7.11 Å². The van der Waals surface area contributed by atoms with Crippen LogP contribution in [0.4, 0.5) is 0 Å². The summed E-state index contributed by atoms with van der Waals surface area (Å²) in [5, 5.41) is 10.1. The van der Waals surface area contributed by atoms with Crippen molar-refractivity contribution in [3.63, 3.8) is 0 Å². The number of aliphatic hydroxyl groups excluding tert-OH is 1. The number of benzene rings is 2. The molecule has 1 unspecified atom stereocenters. The summed E-state index contributed by atoms with van der Waals surface area (Å²) in [4.78, 5) is 12.2. The number of ketones is 1. The third-order valence-corrected chi connectivity index (χ3v) is 3.04. The molecule has 0 saturated heterocycles. The fourth-order valence-electron chi connectivity index (χ4n) is 1.98. The molecule has 0 aromatic heterocycles. The second-order valence-electron chi connectivity index (χ2n) is 4.36. The van der Waals surface area contributed by atoms with Gasteiger partial charge in [-0.3, -0.25) is 4.79 Å². The summed E-state index contributed by atoms with van der Waals surface area (Å²) in [6, 6.07) is 14.0. The zero-order valence-corrected chi connectivity index (χ0v) is 11.0. The number of ether oxygens (including phenoxy) is 1. The van der Waals surface area contributed by atoms with Crippen LogP contribution in [0, 0.1) is 6.92 Å². The fraction of sp³-hybridized carbons (Fsp3) is 0.188. The number of Topliss-reactive ketones (excluding diaryl/α,β-unsaturated/α-hetero) is 1. The van der Waals surface area contributed by atoms with E-state index in [0.29, 0.717) is 11.1 Å². The fourth-order valence-corrected chi connectivity index (χ4v) is 1.98. The van der Waals surface area contributed by atoms with E-state index in [9.17, 15) is 9.90 Å². The van der Waals surface area contributed by atoms with Crippen LogP contribution in [0.15, 0.2) is 48.5 Å². The molecule has 2 aromatic rings. The van der Waals surface area contributed by atoms with Crippen LogP contribution in [-0.2, 0) is 0 Å². The molecule has 0 radical (unpaired) electrons. The Hall–Kier alpha value is -2.13. The van der Waals surface area contributed by atoms with E-state index in [-0.39, 0.29) is 5.78 Å². The summed E-state index contributed by atoms with van der Waals surface area (Å²) in [7, 11) is 1.59. The van der Waals surface area contributed by atoms with Crippen LogP contribution < -0.4 is 4.74 Å². The van der Waals surface area contributed by atoms with Crippen molar-refractivity contribution < 1.29 is 14.6 Å². The van der Waals surface area contributed by atoms with Gasteiger partial charge in [0.15, 0.2) is 5.78 Å².